The summed E-state index contributed by atoms with van der Waals surface area (Å²) in [6.45, 7) is 1.57. The first-order valence-electron chi connectivity index (χ1n) is 7.68. The summed E-state index contributed by atoms with van der Waals surface area (Å²) in [6.07, 6.45) is 3.30. The van der Waals surface area contributed by atoms with Crippen LogP contribution in [0.15, 0.2) is 47.2 Å². The second-order valence-corrected chi connectivity index (χ2v) is 5.83. The predicted octanol–water partition coefficient (Wildman–Crippen LogP) is 3.10. The molecule has 0 atom stereocenters. The van der Waals surface area contributed by atoms with Gasteiger partial charge in [0, 0.05) is 12.4 Å². The van der Waals surface area contributed by atoms with Gasteiger partial charge in [-0.05, 0) is 25.1 Å². The molecule has 0 radical (unpaired) electrons. The Kier molecular flexibility index (Phi) is 4.10. The number of esters is 1. The van der Waals surface area contributed by atoms with Crippen molar-refractivity contribution in [2.75, 3.05) is 0 Å². The van der Waals surface area contributed by atoms with E-state index in [1.165, 1.54) is 4.52 Å². The Hall–Kier alpha value is -3.26. The first-order chi connectivity index (χ1) is 12.6. The first kappa shape index (κ1) is 16.2. The van der Waals surface area contributed by atoms with E-state index in [-0.39, 0.29) is 18.3 Å². The third-order valence-electron chi connectivity index (χ3n) is 3.68. The Balaban J connectivity index is 1.52. The SMILES string of the molecule is Cc1nn2cccnc2c1C(=O)OCc1noc(-c2ccccc2Cl)n1. The lowest BCUT2D eigenvalue weighted by Crippen LogP contribution is -2.07. The Bertz CT molecular complexity index is 1100. The number of halogens is 1. The monoisotopic (exact) mass is 369 g/mol. The predicted molar refractivity (Wildman–Crippen MR) is 91.6 cm³/mol. The van der Waals surface area contributed by atoms with Crippen LogP contribution < -0.4 is 0 Å². The lowest BCUT2D eigenvalue weighted by Gasteiger charge is -2.01. The van der Waals surface area contributed by atoms with Crippen molar-refractivity contribution in [3.63, 3.8) is 0 Å². The fourth-order valence-corrected chi connectivity index (χ4v) is 2.71. The summed E-state index contributed by atoms with van der Waals surface area (Å²) in [6, 6.07) is 8.83. The first-order valence-corrected chi connectivity index (χ1v) is 8.06. The van der Waals surface area contributed by atoms with E-state index >= 15 is 0 Å². The topological polar surface area (TPSA) is 95.4 Å². The standard InChI is InChI=1S/C17H12ClN5O3/c1-10-14(15-19-7-4-8-23(15)21-10)17(24)25-9-13-20-16(26-22-13)11-5-2-3-6-12(11)18/h2-8H,9H2,1H3. The van der Waals surface area contributed by atoms with Gasteiger partial charge >= 0.3 is 5.97 Å². The van der Waals surface area contributed by atoms with Gasteiger partial charge < -0.3 is 9.26 Å². The van der Waals surface area contributed by atoms with Crippen LogP contribution >= 0.6 is 11.6 Å². The van der Waals surface area contributed by atoms with Gasteiger partial charge in [-0.3, -0.25) is 0 Å². The molecule has 0 spiro atoms. The van der Waals surface area contributed by atoms with Crippen LogP contribution in [0.25, 0.3) is 17.1 Å². The number of ether oxygens (including phenoxy) is 1. The molecule has 0 unspecified atom stereocenters. The highest BCUT2D eigenvalue weighted by molar-refractivity contribution is 6.33. The Morgan fingerprint density at radius 2 is 2.15 bits per heavy atom. The Morgan fingerprint density at radius 1 is 1.31 bits per heavy atom. The highest BCUT2D eigenvalue weighted by Crippen LogP contribution is 2.26. The van der Waals surface area contributed by atoms with Crippen LogP contribution in [0, 0.1) is 6.92 Å². The molecule has 3 heterocycles. The number of carbonyl (C=O) groups is 1. The van der Waals surface area contributed by atoms with Crippen LogP contribution in [0.5, 0.6) is 0 Å². The second-order valence-electron chi connectivity index (χ2n) is 5.42. The van der Waals surface area contributed by atoms with Crippen molar-refractivity contribution in [3.05, 3.63) is 64.8 Å². The maximum Gasteiger partial charge on any atom is 0.344 e. The van der Waals surface area contributed by atoms with Gasteiger partial charge in [0.1, 0.15) is 5.56 Å². The van der Waals surface area contributed by atoms with Crippen LogP contribution in [-0.4, -0.2) is 30.7 Å². The molecule has 0 aliphatic carbocycles. The van der Waals surface area contributed by atoms with Gasteiger partial charge in [-0.2, -0.15) is 10.1 Å². The molecule has 130 valence electrons. The molecule has 4 aromatic rings. The molecule has 0 amide bonds. The molecule has 0 N–H and O–H groups in total. The normalized spacial score (nSPS) is 11.0. The number of nitrogens with zero attached hydrogens (tertiary/aromatic N) is 5. The lowest BCUT2D eigenvalue weighted by molar-refractivity contribution is 0.0461. The smallest absolute Gasteiger partial charge is 0.344 e. The highest BCUT2D eigenvalue weighted by Gasteiger charge is 2.20. The quantitative estimate of drug-likeness (QED) is 0.510. The molecule has 0 bridgehead atoms. The number of rotatable bonds is 4. The van der Waals surface area contributed by atoms with E-state index in [0.717, 1.165) is 0 Å². The third-order valence-corrected chi connectivity index (χ3v) is 4.01. The molecule has 26 heavy (non-hydrogen) atoms. The molecular formula is C17H12ClN5O3. The zero-order valence-corrected chi connectivity index (χ0v) is 14.3. The molecule has 8 nitrogen and oxygen atoms in total. The number of hydrogen-bond donors (Lipinski definition) is 0. The molecule has 0 aliphatic rings. The summed E-state index contributed by atoms with van der Waals surface area (Å²) in [5.41, 5.74) is 1.88. The van der Waals surface area contributed by atoms with Crippen molar-refractivity contribution in [2.24, 2.45) is 0 Å². The molecule has 0 fully saturated rings. The maximum absolute atomic E-state index is 12.4. The zero-order valence-electron chi connectivity index (χ0n) is 13.6. The summed E-state index contributed by atoms with van der Waals surface area (Å²) in [5.74, 6) is -0.0638. The fourth-order valence-electron chi connectivity index (χ4n) is 2.49. The second kappa shape index (κ2) is 6.57. The van der Waals surface area contributed by atoms with Crippen LogP contribution in [0.1, 0.15) is 21.9 Å². The van der Waals surface area contributed by atoms with Gasteiger partial charge in [-0.15, -0.1) is 0 Å². The average molecular weight is 370 g/mol. The van der Waals surface area contributed by atoms with Crippen molar-refractivity contribution in [3.8, 4) is 11.5 Å². The van der Waals surface area contributed by atoms with Gasteiger partial charge in [-0.25, -0.2) is 14.3 Å². The van der Waals surface area contributed by atoms with Crippen LogP contribution in [0.3, 0.4) is 0 Å². The number of aryl methyl sites for hydroxylation is 1. The Labute approximate surface area is 152 Å². The molecular weight excluding hydrogens is 358 g/mol. The molecule has 4 rings (SSSR count). The minimum Gasteiger partial charge on any atom is -0.454 e. The minimum atomic E-state index is -0.555. The molecule has 1 aromatic carbocycles. The molecule has 0 saturated carbocycles. The van der Waals surface area contributed by atoms with Gasteiger partial charge in [-0.1, -0.05) is 28.9 Å². The van der Waals surface area contributed by atoms with Crippen LogP contribution in [-0.2, 0) is 11.3 Å². The number of benzene rings is 1. The van der Waals surface area contributed by atoms with Gasteiger partial charge in [0.2, 0.25) is 5.82 Å². The van der Waals surface area contributed by atoms with E-state index in [4.69, 9.17) is 20.9 Å². The maximum atomic E-state index is 12.4. The average Bonchev–Trinajstić information content (AvgIpc) is 3.23. The van der Waals surface area contributed by atoms with E-state index < -0.39 is 5.97 Å². The highest BCUT2D eigenvalue weighted by atomic mass is 35.5. The van der Waals surface area contributed by atoms with Crippen molar-refractivity contribution in [2.45, 2.75) is 13.5 Å². The molecule has 0 aliphatic heterocycles. The lowest BCUT2D eigenvalue weighted by atomic mass is 10.2. The van der Waals surface area contributed by atoms with Crippen molar-refractivity contribution < 1.29 is 14.1 Å². The Morgan fingerprint density at radius 3 is 3.00 bits per heavy atom. The summed E-state index contributed by atoms with van der Waals surface area (Å²) in [7, 11) is 0. The largest absolute Gasteiger partial charge is 0.454 e. The summed E-state index contributed by atoms with van der Waals surface area (Å²) in [4.78, 5) is 20.8. The van der Waals surface area contributed by atoms with E-state index in [1.54, 1.807) is 43.6 Å². The molecule has 9 heteroatoms. The van der Waals surface area contributed by atoms with Crippen LogP contribution in [0.2, 0.25) is 5.02 Å². The van der Waals surface area contributed by atoms with E-state index in [9.17, 15) is 4.79 Å². The van der Waals surface area contributed by atoms with Crippen LogP contribution in [0.4, 0.5) is 0 Å². The number of aromatic nitrogens is 5. The number of fused-ring (bicyclic) bond motifs is 1. The van der Waals surface area contributed by atoms with Gasteiger partial charge in [0.25, 0.3) is 5.89 Å². The number of hydrogen-bond acceptors (Lipinski definition) is 7. The third kappa shape index (κ3) is 2.91. The number of carbonyl (C=O) groups excluding carboxylic acids is 1. The molecule has 0 saturated heterocycles. The van der Waals surface area contributed by atoms with E-state index in [1.807, 2.05) is 6.07 Å². The van der Waals surface area contributed by atoms with E-state index in [2.05, 4.69) is 20.2 Å². The minimum absolute atomic E-state index is 0.142. The zero-order chi connectivity index (χ0) is 18.1. The summed E-state index contributed by atoms with van der Waals surface area (Å²) in [5, 5.41) is 8.54. The van der Waals surface area contributed by atoms with Gasteiger partial charge in [0.15, 0.2) is 12.3 Å². The summed E-state index contributed by atoms with van der Waals surface area (Å²) >= 11 is 6.11. The van der Waals surface area contributed by atoms with E-state index in [0.29, 0.717) is 27.5 Å². The summed E-state index contributed by atoms with van der Waals surface area (Å²) < 4.78 is 12.0. The van der Waals surface area contributed by atoms with Gasteiger partial charge in [0.05, 0.1) is 16.3 Å². The van der Waals surface area contributed by atoms with Crippen molar-refractivity contribution in [1.29, 1.82) is 0 Å². The fraction of sp³-hybridized carbons (Fsp3) is 0.118. The molecule has 3 aromatic heterocycles. The van der Waals surface area contributed by atoms with Crippen molar-refractivity contribution >= 4 is 23.2 Å². The van der Waals surface area contributed by atoms with Crippen molar-refractivity contribution in [1.82, 2.24) is 24.7 Å².